The van der Waals surface area contributed by atoms with Crippen LogP contribution in [0.15, 0.2) is 0 Å². The highest BCUT2D eigenvalue weighted by atomic mass is 19.4. The molecule has 0 unspecified atom stereocenters. The second-order valence-electron chi connectivity index (χ2n) is 2.68. The molecule has 1 saturated heterocycles. The lowest BCUT2D eigenvalue weighted by molar-refractivity contribution is -0.275. The van der Waals surface area contributed by atoms with E-state index in [1.807, 2.05) is 0 Å². The highest BCUT2D eigenvalue weighted by Gasteiger charge is 2.56. The second kappa shape index (κ2) is 2.62. The van der Waals surface area contributed by atoms with Crippen molar-refractivity contribution in [2.45, 2.75) is 24.6 Å². The monoisotopic (exact) mass is 184 g/mol. The van der Waals surface area contributed by atoms with Gasteiger partial charge in [-0.3, -0.25) is 4.79 Å². The molecular weight excluding hydrogens is 177 g/mol. The average Bonchev–Trinajstić information content (AvgIpc) is 1.83. The van der Waals surface area contributed by atoms with Crippen molar-refractivity contribution in [3.63, 3.8) is 0 Å². The van der Waals surface area contributed by atoms with E-state index in [2.05, 4.69) is 4.74 Å². The number of rotatable bonds is 0. The molecule has 1 heterocycles. The van der Waals surface area contributed by atoms with Gasteiger partial charge in [-0.1, -0.05) is 0 Å². The van der Waals surface area contributed by atoms with Crippen molar-refractivity contribution < 1.29 is 27.8 Å². The van der Waals surface area contributed by atoms with Gasteiger partial charge in [-0.15, -0.1) is 0 Å². The Hall–Kier alpha value is -0.780. The van der Waals surface area contributed by atoms with E-state index in [4.69, 9.17) is 5.11 Å². The molecule has 0 bridgehead atoms. The van der Waals surface area contributed by atoms with Crippen molar-refractivity contribution in [1.82, 2.24) is 0 Å². The Bertz CT molecular complexity index is 201. The summed E-state index contributed by atoms with van der Waals surface area (Å²) in [6.45, 7) is -0.380. The van der Waals surface area contributed by atoms with Crippen LogP contribution in [0.2, 0.25) is 0 Å². The first-order chi connectivity index (χ1) is 5.35. The number of ether oxygens (including phenoxy) is 1. The summed E-state index contributed by atoms with van der Waals surface area (Å²) in [6.07, 6.45) is -6.34. The van der Waals surface area contributed by atoms with Gasteiger partial charge in [-0.2, -0.15) is 13.2 Å². The van der Waals surface area contributed by atoms with E-state index < -0.39 is 30.6 Å². The molecule has 1 aliphatic rings. The van der Waals surface area contributed by atoms with Gasteiger partial charge < -0.3 is 9.84 Å². The number of carbonyl (C=O) groups is 1. The van der Waals surface area contributed by atoms with Crippen LogP contribution < -0.4 is 0 Å². The molecule has 1 rings (SSSR count). The Balaban J connectivity index is 2.77. The van der Waals surface area contributed by atoms with E-state index in [-0.39, 0.29) is 6.61 Å². The van der Waals surface area contributed by atoms with Crippen molar-refractivity contribution >= 4 is 5.97 Å². The lowest BCUT2D eigenvalue weighted by Gasteiger charge is -2.32. The molecule has 70 valence electrons. The predicted molar refractivity (Wildman–Crippen MR) is 31.2 cm³/mol. The lowest BCUT2D eigenvalue weighted by Crippen LogP contribution is -2.50. The van der Waals surface area contributed by atoms with Gasteiger partial charge in [-0.25, -0.2) is 0 Å². The summed E-state index contributed by atoms with van der Waals surface area (Å²) in [7, 11) is 0. The normalized spacial score (nSPS) is 31.5. The summed E-state index contributed by atoms with van der Waals surface area (Å²) in [4.78, 5) is 10.4. The van der Waals surface area contributed by atoms with Gasteiger partial charge in [0.05, 0.1) is 13.0 Å². The maximum Gasteiger partial charge on any atom is 0.417 e. The number of aliphatic hydroxyl groups is 1. The number of alkyl halides is 3. The van der Waals surface area contributed by atoms with Gasteiger partial charge in [0.1, 0.15) is 0 Å². The number of carbonyl (C=O) groups excluding carboxylic acids is 1. The molecule has 1 atom stereocenters. The molecule has 0 radical (unpaired) electrons. The van der Waals surface area contributed by atoms with Crippen LogP contribution in [0.25, 0.3) is 0 Å². The van der Waals surface area contributed by atoms with E-state index in [0.717, 1.165) is 0 Å². The summed E-state index contributed by atoms with van der Waals surface area (Å²) in [5, 5.41) is 8.95. The Labute approximate surface area is 66.1 Å². The van der Waals surface area contributed by atoms with E-state index in [1.165, 1.54) is 0 Å². The van der Waals surface area contributed by atoms with Crippen molar-refractivity contribution in [2.24, 2.45) is 0 Å². The molecule has 0 amide bonds. The van der Waals surface area contributed by atoms with Gasteiger partial charge in [0.2, 0.25) is 0 Å². The van der Waals surface area contributed by atoms with E-state index >= 15 is 0 Å². The van der Waals surface area contributed by atoms with Crippen LogP contribution in [0.1, 0.15) is 12.8 Å². The molecule has 0 aromatic rings. The van der Waals surface area contributed by atoms with Gasteiger partial charge in [-0.05, 0) is 0 Å². The summed E-state index contributed by atoms with van der Waals surface area (Å²) >= 11 is 0. The van der Waals surface area contributed by atoms with Crippen LogP contribution in [0, 0.1) is 0 Å². The summed E-state index contributed by atoms with van der Waals surface area (Å²) in [5.74, 6) is -1.01. The molecule has 6 heteroatoms. The van der Waals surface area contributed by atoms with Gasteiger partial charge in [0, 0.05) is 6.42 Å². The van der Waals surface area contributed by atoms with Crippen LogP contribution in [0.5, 0.6) is 0 Å². The first-order valence-corrected chi connectivity index (χ1v) is 3.30. The van der Waals surface area contributed by atoms with Crippen molar-refractivity contribution in [3.05, 3.63) is 0 Å². The summed E-state index contributed by atoms with van der Waals surface area (Å²) in [6, 6.07) is 0. The lowest BCUT2D eigenvalue weighted by atomic mass is 9.93. The van der Waals surface area contributed by atoms with E-state index in [1.54, 1.807) is 0 Å². The molecule has 0 saturated carbocycles. The standard InChI is InChI=1S/C6H7F3O3/c7-6(8,9)5(11)1-2-12-4(10)3-5/h11H,1-3H2/t5-/m0/s1. The quantitative estimate of drug-likeness (QED) is 0.561. The first kappa shape index (κ1) is 9.31. The van der Waals surface area contributed by atoms with E-state index in [0.29, 0.717) is 0 Å². The van der Waals surface area contributed by atoms with Crippen molar-refractivity contribution in [2.75, 3.05) is 6.61 Å². The summed E-state index contributed by atoms with van der Waals surface area (Å²) in [5.41, 5.74) is -2.89. The molecule has 1 aliphatic heterocycles. The number of hydrogen-bond acceptors (Lipinski definition) is 3. The van der Waals surface area contributed by atoms with Gasteiger partial charge in [0.25, 0.3) is 0 Å². The third-order valence-corrected chi connectivity index (χ3v) is 1.74. The minimum absolute atomic E-state index is 0.380. The topological polar surface area (TPSA) is 46.5 Å². The van der Waals surface area contributed by atoms with Gasteiger partial charge in [0.15, 0.2) is 5.60 Å². The van der Waals surface area contributed by atoms with Crippen LogP contribution >= 0.6 is 0 Å². The zero-order chi connectivity index (χ0) is 9.41. The summed E-state index contributed by atoms with van der Waals surface area (Å²) < 4.78 is 40.4. The number of hydrogen-bond donors (Lipinski definition) is 1. The minimum atomic E-state index is -4.76. The third kappa shape index (κ3) is 1.52. The molecule has 3 nitrogen and oxygen atoms in total. The molecule has 0 aliphatic carbocycles. The minimum Gasteiger partial charge on any atom is -0.465 e. The van der Waals surface area contributed by atoms with Crippen LogP contribution in [0.4, 0.5) is 13.2 Å². The largest absolute Gasteiger partial charge is 0.465 e. The first-order valence-electron chi connectivity index (χ1n) is 3.30. The molecule has 12 heavy (non-hydrogen) atoms. The Morgan fingerprint density at radius 3 is 2.42 bits per heavy atom. The number of halogens is 3. The van der Waals surface area contributed by atoms with Crippen LogP contribution in [-0.2, 0) is 9.53 Å². The highest BCUT2D eigenvalue weighted by Crippen LogP contribution is 2.37. The Kier molecular flexibility index (Phi) is 2.03. The molecule has 0 spiro atoms. The smallest absolute Gasteiger partial charge is 0.417 e. The fraction of sp³-hybridized carbons (Fsp3) is 0.833. The Morgan fingerprint density at radius 2 is 2.08 bits per heavy atom. The highest BCUT2D eigenvalue weighted by molar-refractivity contribution is 5.71. The third-order valence-electron chi connectivity index (χ3n) is 1.74. The zero-order valence-corrected chi connectivity index (χ0v) is 6.02. The zero-order valence-electron chi connectivity index (χ0n) is 6.02. The molecule has 1 fully saturated rings. The Morgan fingerprint density at radius 1 is 1.50 bits per heavy atom. The molecule has 0 aromatic carbocycles. The predicted octanol–water partition coefficient (Wildman–Crippen LogP) is 0.617. The van der Waals surface area contributed by atoms with E-state index in [9.17, 15) is 18.0 Å². The fourth-order valence-corrected chi connectivity index (χ4v) is 0.954. The fourth-order valence-electron chi connectivity index (χ4n) is 0.954. The molecule has 0 aromatic heterocycles. The van der Waals surface area contributed by atoms with Crippen molar-refractivity contribution in [3.8, 4) is 0 Å². The van der Waals surface area contributed by atoms with Gasteiger partial charge >= 0.3 is 12.1 Å². The van der Waals surface area contributed by atoms with Crippen LogP contribution in [-0.4, -0.2) is 29.5 Å². The number of cyclic esters (lactones) is 1. The van der Waals surface area contributed by atoms with Crippen molar-refractivity contribution in [1.29, 1.82) is 0 Å². The second-order valence-corrected chi connectivity index (χ2v) is 2.68. The molecular formula is C6H7F3O3. The maximum atomic E-state index is 12.0. The SMILES string of the molecule is O=C1C[C@](O)(C(F)(F)F)CCO1. The maximum absolute atomic E-state index is 12.0. The number of esters is 1. The molecule has 1 N–H and O–H groups in total. The van der Waals surface area contributed by atoms with Crippen LogP contribution in [0.3, 0.4) is 0 Å². The average molecular weight is 184 g/mol.